The van der Waals surface area contributed by atoms with Crippen LogP contribution in [0.25, 0.3) is 0 Å². The van der Waals surface area contributed by atoms with E-state index in [2.05, 4.69) is 15.0 Å². The number of carbonyl (C=O) groups is 1. The largest absolute Gasteiger partial charge is 0.467 e. The molecule has 2 unspecified atom stereocenters. The van der Waals surface area contributed by atoms with E-state index in [1.165, 1.54) is 14.0 Å². The maximum Gasteiger partial charge on any atom is 0.338 e. The third-order valence-corrected chi connectivity index (χ3v) is 2.84. The maximum atomic E-state index is 11.3. The number of aliphatic hydroxyl groups is 1. The van der Waals surface area contributed by atoms with E-state index in [0.717, 1.165) is 19.5 Å². The van der Waals surface area contributed by atoms with Gasteiger partial charge in [-0.3, -0.25) is 4.90 Å². The summed E-state index contributed by atoms with van der Waals surface area (Å²) in [7, 11) is 3.21. The molecule has 1 aliphatic heterocycles. The summed E-state index contributed by atoms with van der Waals surface area (Å²) in [5.41, 5.74) is -1.41. The molecule has 1 heterocycles. The highest BCUT2D eigenvalue weighted by Crippen LogP contribution is 2.14. The highest BCUT2D eigenvalue weighted by atomic mass is 16.5. The molecule has 0 aromatic carbocycles. The molecule has 1 aliphatic rings. The van der Waals surface area contributed by atoms with Crippen LogP contribution < -0.4 is 5.32 Å². The lowest BCUT2D eigenvalue weighted by atomic mass is 10.1. The van der Waals surface area contributed by atoms with Crippen molar-refractivity contribution in [3.05, 3.63) is 0 Å². The third kappa shape index (κ3) is 3.15. The smallest absolute Gasteiger partial charge is 0.338 e. The number of β-amino-alcohol motifs (C(OH)–C–C–N with tert-alkyl or cyclic N) is 1. The maximum absolute atomic E-state index is 11.3. The van der Waals surface area contributed by atoms with Crippen LogP contribution in [0.2, 0.25) is 0 Å². The van der Waals surface area contributed by atoms with Crippen molar-refractivity contribution in [2.45, 2.75) is 25.0 Å². The number of nitrogens with zero attached hydrogens (tertiary/aromatic N) is 1. The summed E-state index contributed by atoms with van der Waals surface area (Å²) in [6, 6.07) is 0.457. The van der Waals surface area contributed by atoms with Crippen molar-refractivity contribution in [3.63, 3.8) is 0 Å². The summed E-state index contributed by atoms with van der Waals surface area (Å²) in [5, 5.41) is 13.0. The number of hydrogen-bond donors (Lipinski definition) is 2. The summed E-state index contributed by atoms with van der Waals surface area (Å²) < 4.78 is 4.55. The van der Waals surface area contributed by atoms with E-state index >= 15 is 0 Å². The molecule has 0 aromatic rings. The van der Waals surface area contributed by atoms with E-state index in [-0.39, 0.29) is 0 Å². The summed E-state index contributed by atoms with van der Waals surface area (Å²) in [4.78, 5) is 13.3. The van der Waals surface area contributed by atoms with Gasteiger partial charge in [-0.25, -0.2) is 4.79 Å². The molecule has 2 atom stereocenters. The van der Waals surface area contributed by atoms with Crippen molar-refractivity contribution in [3.8, 4) is 0 Å². The predicted molar refractivity (Wildman–Crippen MR) is 56.5 cm³/mol. The summed E-state index contributed by atoms with van der Waals surface area (Å²) in [6.45, 7) is 3.59. The monoisotopic (exact) mass is 216 g/mol. The Bertz CT molecular complexity index is 231. The molecule has 0 aliphatic carbocycles. The van der Waals surface area contributed by atoms with Crippen molar-refractivity contribution in [1.82, 2.24) is 10.2 Å². The van der Waals surface area contributed by atoms with Gasteiger partial charge in [-0.15, -0.1) is 0 Å². The standard InChI is InChI=1S/C10H20N2O3/c1-10(14,9(13)15-3)7-12-5-4-8(6-12)11-2/h8,11,14H,4-7H2,1-3H3. The zero-order chi connectivity index (χ0) is 11.5. The second kappa shape index (κ2) is 4.92. The first kappa shape index (κ1) is 12.4. The number of carbonyl (C=O) groups excluding carboxylic acids is 1. The van der Waals surface area contributed by atoms with Gasteiger partial charge < -0.3 is 15.2 Å². The minimum absolute atomic E-state index is 0.331. The van der Waals surface area contributed by atoms with Crippen molar-refractivity contribution in [2.75, 3.05) is 33.8 Å². The number of hydrogen-bond acceptors (Lipinski definition) is 5. The molecule has 1 fully saturated rings. The number of rotatable bonds is 4. The normalized spacial score (nSPS) is 26.3. The quantitative estimate of drug-likeness (QED) is 0.603. The van der Waals surface area contributed by atoms with Crippen LogP contribution in [-0.2, 0) is 9.53 Å². The van der Waals surface area contributed by atoms with Crippen LogP contribution in [0.3, 0.4) is 0 Å². The van der Waals surface area contributed by atoms with E-state index in [0.29, 0.717) is 12.6 Å². The van der Waals surface area contributed by atoms with Gasteiger partial charge in [0.2, 0.25) is 0 Å². The highest BCUT2D eigenvalue weighted by molar-refractivity contribution is 5.78. The molecule has 5 nitrogen and oxygen atoms in total. The van der Waals surface area contributed by atoms with Crippen LogP contribution in [-0.4, -0.2) is 61.4 Å². The molecule has 0 spiro atoms. The minimum atomic E-state index is -1.41. The van der Waals surface area contributed by atoms with Gasteiger partial charge in [0.25, 0.3) is 0 Å². The van der Waals surface area contributed by atoms with Crippen LogP contribution in [0.1, 0.15) is 13.3 Å². The van der Waals surface area contributed by atoms with Gasteiger partial charge in [-0.2, -0.15) is 0 Å². The Morgan fingerprint density at radius 2 is 2.40 bits per heavy atom. The van der Waals surface area contributed by atoms with E-state index in [4.69, 9.17) is 0 Å². The topological polar surface area (TPSA) is 61.8 Å². The van der Waals surface area contributed by atoms with Gasteiger partial charge in [0, 0.05) is 19.1 Å². The second-order valence-corrected chi connectivity index (χ2v) is 4.27. The molecule has 0 aromatic heterocycles. The average molecular weight is 216 g/mol. The molecule has 2 N–H and O–H groups in total. The molecule has 0 saturated carbocycles. The summed E-state index contributed by atoms with van der Waals surface area (Å²) in [6.07, 6.45) is 1.05. The fraction of sp³-hybridized carbons (Fsp3) is 0.900. The Hall–Kier alpha value is -0.650. The molecule has 0 amide bonds. The molecule has 88 valence electrons. The van der Waals surface area contributed by atoms with Crippen molar-refractivity contribution in [2.24, 2.45) is 0 Å². The lowest BCUT2D eigenvalue weighted by Crippen LogP contribution is -2.47. The molecule has 0 bridgehead atoms. The number of likely N-dealkylation sites (tertiary alicyclic amines) is 1. The van der Waals surface area contributed by atoms with E-state index in [1.54, 1.807) is 0 Å². The Morgan fingerprint density at radius 1 is 1.73 bits per heavy atom. The average Bonchev–Trinajstić information content (AvgIpc) is 2.63. The van der Waals surface area contributed by atoms with Crippen LogP contribution in [0.4, 0.5) is 0 Å². The minimum Gasteiger partial charge on any atom is -0.467 e. The summed E-state index contributed by atoms with van der Waals surface area (Å²) >= 11 is 0. The lowest BCUT2D eigenvalue weighted by Gasteiger charge is -2.26. The number of likely N-dealkylation sites (N-methyl/N-ethyl adjacent to an activating group) is 1. The molecular weight excluding hydrogens is 196 g/mol. The Labute approximate surface area is 90.4 Å². The van der Waals surface area contributed by atoms with Gasteiger partial charge in [-0.05, 0) is 26.9 Å². The number of ether oxygens (including phenoxy) is 1. The first-order chi connectivity index (χ1) is 6.99. The molecule has 1 rings (SSSR count). The predicted octanol–water partition coefficient (Wildman–Crippen LogP) is -0.796. The highest BCUT2D eigenvalue weighted by Gasteiger charge is 2.35. The Balaban J connectivity index is 2.45. The van der Waals surface area contributed by atoms with E-state index < -0.39 is 11.6 Å². The third-order valence-electron chi connectivity index (χ3n) is 2.84. The second-order valence-electron chi connectivity index (χ2n) is 4.27. The van der Waals surface area contributed by atoms with Gasteiger partial charge in [0.05, 0.1) is 7.11 Å². The van der Waals surface area contributed by atoms with Gasteiger partial charge in [0.1, 0.15) is 0 Å². The molecule has 5 heteroatoms. The molecule has 0 radical (unpaired) electrons. The number of nitrogens with one attached hydrogen (secondary N) is 1. The van der Waals surface area contributed by atoms with Gasteiger partial charge in [-0.1, -0.05) is 0 Å². The SMILES string of the molecule is CNC1CCN(CC(C)(O)C(=O)OC)C1. The molecule has 1 saturated heterocycles. The van der Waals surface area contributed by atoms with Crippen molar-refractivity contribution >= 4 is 5.97 Å². The lowest BCUT2D eigenvalue weighted by molar-refractivity contribution is -0.162. The first-order valence-electron chi connectivity index (χ1n) is 5.20. The van der Waals surface area contributed by atoms with E-state index in [1.807, 2.05) is 7.05 Å². The van der Waals surface area contributed by atoms with Crippen molar-refractivity contribution in [1.29, 1.82) is 0 Å². The van der Waals surface area contributed by atoms with Crippen molar-refractivity contribution < 1.29 is 14.6 Å². The van der Waals surface area contributed by atoms with Crippen LogP contribution in [0.5, 0.6) is 0 Å². The number of methoxy groups -OCH3 is 1. The zero-order valence-corrected chi connectivity index (χ0v) is 9.62. The zero-order valence-electron chi connectivity index (χ0n) is 9.62. The van der Waals surface area contributed by atoms with E-state index in [9.17, 15) is 9.90 Å². The summed E-state index contributed by atoms with van der Waals surface area (Å²) in [5.74, 6) is -0.574. The van der Waals surface area contributed by atoms with Gasteiger partial charge >= 0.3 is 5.97 Å². The van der Waals surface area contributed by atoms with Crippen LogP contribution >= 0.6 is 0 Å². The molecule has 15 heavy (non-hydrogen) atoms. The fourth-order valence-electron chi connectivity index (χ4n) is 1.93. The Kier molecular flexibility index (Phi) is 4.07. The fourth-order valence-corrected chi connectivity index (χ4v) is 1.93. The first-order valence-corrected chi connectivity index (χ1v) is 5.20. The number of esters is 1. The molecular formula is C10H20N2O3. The van der Waals surface area contributed by atoms with Gasteiger partial charge in [0.15, 0.2) is 5.60 Å². The van der Waals surface area contributed by atoms with Crippen LogP contribution in [0, 0.1) is 0 Å². The Morgan fingerprint density at radius 3 is 2.87 bits per heavy atom. The van der Waals surface area contributed by atoms with Crippen LogP contribution in [0.15, 0.2) is 0 Å².